The van der Waals surface area contributed by atoms with Crippen LogP contribution >= 0.6 is 0 Å². The van der Waals surface area contributed by atoms with Gasteiger partial charge in [-0.1, -0.05) is 24.3 Å². The average molecular weight is 452 g/mol. The molecule has 1 aliphatic heterocycles. The summed E-state index contributed by atoms with van der Waals surface area (Å²) in [4.78, 5) is 2.43. The van der Waals surface area contributed by atoms with Crippen LogP contribution < -0.4 is 0 Å². The fourth-order valence-corrected chi connectivity index (χ4v) is 6.10. The van der Waals surface area contributed by atoms with Gasteiger partial charge in [-0.2, -0.15) is 4.31 Å². The lowest BCUT2D eigenvalue weighted by molar-refractivity contribution is 0.181. The van der Waals surface area contributed by atoms with Crippen molar-refractivity contribution in [3.8, 4) is 0 Å². The van der Waals surface area contributed by atoms with Crippen LogP contribution in [0.5, 0.6) is 0 Å². The molecule has 0 radical (unpaired) electrons. The highest BCUT2D eigenvalue weighted by molar-refractivity contribution is 7.89. The molecule has 0 unspecified atom stereocenters. The summed E-state index contributed by atoms with van der Waals surface area (Å²) in [5.74, 6) is -0.437. The minimum atomic E-state index is -3.59. The van der Waals surface area contributed by atoms with E-state index >= 15 is 0 Å². The van der Waals surface area contributed by atoms with E-state index in [0.29, 0.717) is 26.2 Å². The van der Waals surface area contributed by atoms with Crippen LogP contribution in [0, 0.1) is 5.82 Å². The molecule has 5 rings (SSSR count). The first-order chi connectivity index (χ1) is 15.5. The van der Waals surface area contributed by atoms with Gasteiger partial charge in [0.05, 0.1) is 4.90 Å². The second kappa shape index (κ2) is 8.31. The smallest absolute Gasteiger partial charge is 0.243 e. The molecule has 32 heavy (non-hydrogen) atoms. The molecule has 1 aliphatic rings. The zero-order valence-corrected chi connectivity index (χ0v) is 18.9. The standard InChI is InChI=1S/C25H26FN3O2S/c1-2-29-24-6-4-3-5-22(24)23-17-19(7-12-25(23)29)18-27-13-15-28(16-14-27)32(30,31)21-10-8-20(26)9-11-21/h3-12,17H,2,13-16,18H2,1H3. The minimum Gasteiger partial charge on any atom is -0.341 e. The van der Waals surface area contributed by atoms with Gasteiger partial charge in [0, 0.05) is 61.1 Å². The number of para-hydroxylation sites is 1. The fraction of sp³-hybridized carbons (Fsp3) is 0.280. The number of benzene rings is 3. The lowest BCUT2D eigenvalue weighted by atomic mass is 10.1. The molecule has 3 aromatic carbocycles. The number of sulfonamides is 1. The number of nitrogens with zero attached hydrogens (tertiary/aromatic N) is 3. The largest absolute Gasteiger partial charge is 0.341 e. The normalized spacial score (nSPS) is 16.2. The maximum atomic E-state index is 13.2. The van der Waals surface area contributed by atoms with Crippen molar-refractivity contribution in [1.82, 2.24) is 13.8 Å². The summed E-state index contributed by atoms with van der Waals surface area (Å²) in [6, 6.07) is 20.2. The van der Waals surface area contributed by atoms with Crippen LogP contribution in [0.15, 0.2) is 71.6 Å². The molecule has 0 spiro atoms. The molecule has 5 nitrogen and oxygen atoms in total. The van der Waals surface area contributed by atoms with E-state index in [1.165, 1.54) is 55.9 Å². The molecule has 0 aliphatic carbocycles. The Labute approximate surface area is 187 Å². The van der Waals surface area contributed by atoms with Gasteiger partial charge in [0.25, 0.3) is 0 Å². The Morgan fingerprint density at radius 1 is 0.844 bits per heavy atom. The molecule has 166 valence electrons. The zero-order chi connectivity index (χ0) is 22.3. The maximum Gasteiger partial charge on any atom is 0.243 e. The van der Waals surface area contributed by atoms with E-state index in [-0.39, 0.29) is 4.90 Å². The van der Waals surface area contributed by atoms with Gasteiger partial charge in [-0.3, -0.25) is 4.90 Å². The van der Waals surface area contributed by atoms with Crippen molar-refractivity contribution in [2.75, 3.05) is 26.2 Å². The third-order valence-electron chi connectivity index (χ3n) is 6.34. The lowest BCUT2D eigenvalue weighted by Gasteiger charge is -2.34. The lowest BCUT2D eigenvalue weighted by Crippen LogP contribution is -2.48. The van der Waals surface area contributed by atoms with E-state index in [2.05, 4.69) is 58.9 Å². The Morgan fingerprint density at radius 2 is 1.53 bits per heavy atom. The van der Waals surface area contributed by atoms with Crippen molar-refractivity contribution < 1.29 is 12.8 Å². The Morgan fingerprint density at radius 3 is 2.25 bits per heavy atom. The summed E-state index contributed by atoms with van der Waals surface area (Å²) in [7, 11) is -3.59. The molecular formula is C25H26FN3O2S. The van der Waals surface area contributed by atoms with E-state index in [9.17, 15) is 12.8 Å². The average Bonchev–Trinajstić information content (AvgIpc) is 3.13. The van der Waals surface area contributed by atoms with Gasteiger partial charge in [0.15, 0.2) is 0 Å². The third-order valence-corrected chi connectivity index (χ3v) is 8.25. The topological polar surface area (TPSA) is 45.5 Å². The van der Waals surface area contributed by atoms with Crippen LogP contribution in [0.4, 0.5) is 4.39 Å². The van der Waals surface area contributed by atoms with E-state index < -0.39 is 15.8 Å². The van der Waals surface area contributed by atoms with Crippen molar-refractivity contribution in [3.05, 3.63) is 78.1 Å². The van der Waals surface area contributed by atoms with Crippen LogP contribution in [-0.4, -0.2) is 48.4 Å². The van der Waals surface area contributed by atoms with Gasteiger partial charge in [-0.15, -0.1) is 0 Å². The van der Waals surface area contributed by atoms with Gasteiger partial charge in [-0.05, 0) is 55.0 Å². The highest BCUT2D eigenvalue weighted by Gasteiger charge is 2.28. The number of fused-ring (bicyclic) bond motifs is 3. The van der Waals surface area contributed by atoms with Gasteiger partial charge in [-0.25, -0.2) is 12.8 Å². The van der Waals surface area contributed by atoms with Crippen molar-refractivity contribution >= 4 is 31.8 Å². The van der Waals surface area contributed by atoms with Crippen molar-refractivity contribution in [1.29, 1.82) is 0 Å². The fourth-order valence-electron chi connectivity index (χ4n) is 4.68. The minimum absolute atomic E-state index is 0.144. The Bertz CT molecular complexity index is 1370. The molecule has 2 heterocycles. The highest BCUT2D eigenvalue weighted by atomic mass is 32.2. The number of rotatable bonds is 5. The molecule has 0 saturated carbocycles. The highest BCUT2D eigenvalue weighted by Crippen LogP contribution is 2.30. The summed E-state index contributed by atoms with van der Waals surface area (Å²) in [6.45, 7) is 6.05. The molecule has 7 heteroatoms. The van der Waals surface area contributed by atoms with Gasteiger partial charge < -0.3 is 4.57 Å². The molecule has 0 bridgehead atoms. The summed E-state index contributed by atoms with van der Waals surface area (Å²) < 4.78 is 42.7. The molecule has 0 amide bonds. The predicted molar refractivity (Wildman–Crippen MR) is 126 cm³/mol. The summed E-state index contributed by atoms with van der Waals surface area (Å²) in [6.07, 6.45) is 0. The van der Waals surface area contributed by atoms with Crippen LogP contribution in [0.3, 0.4) is 0 Å². The molecule has 1 saturated heterocycles. The quantitative estimate of drug-likeness (QED) is 0.450. The molecule has 0 atom stereocenters. The first-order valence-electron chi connectivity index (χ1n) is 11.0. The molecule has 4 aromatic rings. The second-order valence-electron chi connectivity index (χ2n) is 8.25. The van der Waals surface area contributed by atoms with Crippen molar-refractivity contribution in [2.45, 2.75) is 24.9 Å². The monoisotopic (exact) mass is 451 g/mol. The number of piperazine rings is 1. The summed E-state index contributed by atoms with van der Waals surface area (Å²) >= 11 is 0. The molecular weight excluding hydrogens is 425 g/mol. The third kappa shape index (κ3) is 3.70. The van der Waals surface area contributed by atoms with E-state index in [1.54, 1.807) is 0 Å². The zero-order valence-electron chi connectivity index (χ0n) is 18.0. The Balaban J connectivity index is 1.32. The Hall–Kier alpha value is -2.74. The van der Waals surface area contributed by atoms with Crippen LogP contribution in [0.2, 0.25) is 0 Å². The Kier molecular flexibility index (Phi) is 5.49. The number of aromatic nitrogens is 1. The van der Waals surface area contributed by atoms with E-state index in [4.69, 9.17) is 0 Å². The SMILES string of the molecule is CCn1c2ccccc2c2cc(CN3CCN(S(=O)(=O)c4ccc(F)cc4)CC3)ccc21. The van der Waals surface area contributed by atoms with Gasteiger partial charge in [0.1, 0.15) is 5.82 Å². The number of halogens is 1. The first kappa shape index (κ1) is 21.1. The maximum absolute atomic E-state index is 13.2. The summed E-state index contributed by atoms with van der Waals surface area (Å²) in [5, 5.41) is 2.53. The van der Waals surface area contributed by atoms with Crippen LogP contribution in [-0.2, 0) is 23.1 Å². The van der Waals surface area contributed by atoms with Crippen LogP contribution in [0.1, 0.15) is 12.5 Å². The van der Waals surface area contributed by atoms with Gasteiger partial charge >= 0.3 is 0 Å². The van der Waals surface area contributed by atoms with Crippen molar-refractivity contribution in [2.24, 2.45) is 0 Å². The first-order valence-corrected chi connectivity index (χ1v) is 12.4. The number of hydrogen-bond acceptors (Lipinski definition) is 3. The van der Waals surface area contributed by atoms with E-state index in [0.717, 1.165) is 13.1 Å². The second-order valence-corrected chi connectivity index (χ2v) is 10.2. The number of hydrogen-bond donors (Lipinski definition) is 0. The van der Waals surface area contributed by atoms with Crippen molar-refractivity contribution in [3.63, 3.8) is 0 Å². The van der Waals surface area contributed by atoms with E-state index in [1.807, 2.05) is 0 Å². The predicted octanol–water partition coefficient (Wildman–Crippen LogP) is 4.46. The summed E-state index contributed by atoms with van der Waals surface area (Å²) in [5.41, 5.74) is 3.72. The van der Waals surface area contributed by atoms with Gasteiger partial charge in [0.2, 0.25) is 10.0 Å². The molecule has 1 aromatic heterocycles. The number of aryl methyl sites for hydroxylation is 1. The molecule has 0 N–H and O–H groups in total. The molecule has 1 fully saturated rings. The van der Waals surface area contributed by atoms with Crippen LogP contribution in [0.25, 0.3) is 21.8 Å².